The smallest absolute Gasteiger partial charge is 0.335 e. The average molecular weight is 311 g/mol. The number of carboxylic acids is 1. The first-order chi connectivity index (χ1) is 10.9. The summed E-state index contributed by atoms with van der Waals surface area (Å²) in [5.74, 6) is -1.39. The van der Waals surface area contributed by atoms with Gasteiger partial charge in [0.15, 0.2) is 0 Å². The van der Waals surface area contributed by atoms with Gasteiger partial charge in [-0.15, -0.1) is 0 Å². The summed E-state index contributed by atoms with van der Waals surface area (Å²) in [6.45, 7) is 0. The van der Waals surface area contributed by atoms with Crippen LogP contribution in [0.4, 0.5) is 10.1 Å². The monoisotopic (exact) mass is 311 g/mol. The zero-order valence-corrected chi connectivity index (χ0v) is 12.4. The van der Waals surface area contributed by atoms with Crippen molar-refractivity contribution in [2.24, 2.45) is 0 Å². The molecule has 1 fully saturated rings. The van der Waals surface area contributed by atoms with E-state index in [0.29, 0.717) is 6.42 Å². The molecule has 116 valence electrons. The molecule has 0 bridgehead atoms. The van der Waals surface area contributed by atoms with E-state index in [4.69, 9.17) is 0 Å². The second kappa shape index (κ2) is 4.41. The van der Waals surface area contributed by atoms with Crippen molar-refractivity contribution in [2.75, 3.05) is 11.9 Å². The van der Waals surface area contributed by atoms with Crippen LogP contribution in [-0.4, -0.2) is 24.0 Å². The highest BCUT2D eigenvalue weighted by Gasteiger charge is 2.66. The van der Waals surface area contributed by atoms with Crippen molar-refractivity contribution in [3.8, 4) is 0 Å². The minimum Gasteiger partial charge on any atom is -0.478 e. The number of hydrogen-bond donors (Lipinski definition) is 1. The second-order valence-corrected chi connectivity index (χ2v) is 6.18. The molecule has 1 aliphatic carbocycles. The van der Waals surface area contributed by atoms with Crippen molar-refractivity contribution in [3.63, 3.8) is 0 Å². The standard InChI is InChI=1S/C18H14FNO3/c1-20-15-7-4-11(16(21)22)8-13(15)18(17(20)23)9-14(18)10-2-5-12(19)6-3-10/h2-8,14H,9H2,1H3,(H,21,22)/t14-,18-/m1/s1. The van der Waals surface area contributed by atoms with Crippen LogP contribution in [-0.2, 0) is 10.2 Å². The lowest BCUT2D eigenvalue weighted by molar-refractivity contribution is -0.120. The van der Waals surface area contributed by atoms with Crippen molar-refractivity contribution in [3.05, 3.63) is 65.0 Å². The molecule has 1 aliphatic heterocycles. The normalized spacial score (nSPS) is 24.9. The lowest BCUT2D eigenvalue weighted by Crippen LogP contribution is -2.29. The molecule has 1 N–H and O–H groups in total. The number of carbonyl (C=O) groups excluding carboxylic acids is 1. The fourth-order valence-corrected chi connectivity index (χ4v) is 3.74. The third kappa shape index (κ3) is 1.76. The molecule has 2 atom stereocenters. The van der Waals surface area contributed by atoms with Gasteiger partial charge in [-0.3, -0.25) is 4.79 Å². The Bertz CT molecular complexity index is 846. The van der Waals surface area contributed by atoms with Gasteiger partial charge in [-0.1, -0.05) is 12.1 Å². The summed E-state index contributed by atoms with van der Waals surface area (Å²) in [5, 5.41) is 9.21. The fraction of sp³-hybridized carbons (Fsp3) is 0.222. The molecule has 2 aliphatic rings. The number of anilines is 1. The topological polar surface area (TPSA) is 57.6 Å². The van der Waals surface area contributed by atoms with E-state index in [9.17, 15) is 19.1 Å². The van der Waals surface area contributed by atoms with E-state index in [1.54, 1.807) is 36.2 Å². The highest BCUT2D eigenvalue weighted by molar-refractivity contribution is 6.11. The summed E-state index contributed by atoms with van der Waals surface area (Å²) in [5.41, 5.74) is 1.90. The zero-order chi connectivity index (χ0) is 16.4. The van der Waals surface area contributed by atoms with E-state index in [1.165, 1.54) is 18.2 Å². The molecule has 5 heteroatoms. The van der Waals surface area contributed by atoms with Gasteiger partial charge in [0.25, 0.3) is 0 Å². The van der Waals surface area contributed by atoms with E-state index in [-0.39, 0.29) is 23.2 Å². The predicted octanol–water partition coefficient (Wildman–Crippen LogP) is 2.93. The summed E-state index contributed by atoms with van der Waals surface area (Å²) in [6, 6.07) is 11.0. The van der Waals surface area contributed by atoms with Crippen molar-refractivity contribution >= 4 is 17.6 Å². The molecule has 1 amide bonds. The largest absolute Gasteiger partial charge is 0.478 e. The Kier molecular flexibility index (Phi) is 2.67. The molecule has 2 aromatic carbocycles. The fourth-order valence-electron chi connectivity index (χ4n) is 3.74. The van der Waals surface area contributed by atoms with Gasteiger partial charge in [0.1, 0.15) is 5.82 Å². The van der Waals surface area contributed by atoms with Gasteiger partial charge in [0.05, 0.1) is 11.0 Å². The van der Waals surface area contributed by atoms with Crippen molar-refractivity contribution in [2.45, 2.75) is 17.8 Å². The van der Waals surface area contributed by atoms with E-state index in [1.807, 2.05) is 0 Å². The maximum absolute atomic E-state index is 13.1. The number of aromatic carboxylic acids is 1. The Balaban J connectivity index is 1.82. The molecule has 1 saturated carbocycles. The number of carboxylic acid groups (broad SMARTS) is 1. The molecule has 0 radical (unpaired) electrons. The van der Waals surface area contributed by atoms with Crippen LogP contribution in [0.25, 0.3) is 0 Å². The van der Waals surface area contributed by atoms with E-state index < -0.39 is 11.4 Å². The van der Waals surface area contributed by atoms with Gasteiger partial charge in [-0.05, 0) is 47.9 Å². The van der Waals surface area contributed by atoms with Crippen LogP contribution < -0.4 is 4.90 Å². The Morgan fingerprint density at radius 2 is 1.96 bits per heavy atom. The lowest BCUT2D eigenvalue weighted by Gasteiger charge is -2.11. The third-order valence-electron chi connectivity index (χ3n) is 5.00. The Morgan fingerprint density at radius 3 is 2.61 bits per heavy atom. The number of nitrogens with zero attached hydrogens (tertiary/aromatic N) is 1. The molecule has 0 unspecified atom stereocenters. The first-order valence-electron chi connectivity index (χ1n) is 7.36. The number of halogens is 1. The molecule has 0 saturated heterocycles. The number of benzene rings is 2. The number of carbonyl (C=O) groups is 2. The summed E-state index contributed by atoms with van der Waals surface area (Å²) >= 11 is 0. The van der Waals surface area contributed by atoms with Crippen molar-refractivity contribution in [1.82, 2.24) is 0 Å². The molecule has 1 heterocycles. The van der Waals surface area contributed by atoms with Crippen LogP contribution >= 0.6 is 0 Å². The van der Waals surface area contributed by atoms with Crippen LogP contribution in [0, 0.1) is 5.82 Å². The zero-order valence-electron chi connectivity index (χ0n) is 12.4. The van der Waals surface area contributed by atoms with Crippen LogP contribution in [0.2, 0.25) is 0 Å². The quantitative estimate of drug-likeness (QED) is 0.927. The van der Waals surface area contributed by atoms with E-state index in [0.717, 1.165) is 16.8 Å². The highest BCUT2D eigenvalue weighted by atomic mass is 19.1. The number of hydrogen-bond acceptors (Lipinski definition) is 2. The number of fused-ring (bicyclic) bond motifs is 2. The summed E-state index contributed by atoms with van der Waals surface area (Å²) in [4.78, 5) is 25.6. The molecule has 23 heavy (non-hydrogen) atoms. The van der Waals surface area contributed by atoms with Crippen LogP contribution in [0.1, 0.15) is 33.8 Å². The van der Waals surface area contributed by atoms with Crippen molar-refractivity contribution in [1.29, 1.82) is 0 Å². The maximum Gasteiger partial charge on any atom is 0.335 e. The maximum atomic E-state index is 13.1. The summed E-state index contributed by atoms with van der Waals surface area (Å²) in [7, 11) is 1.70. The summed E-state index contributed by atoms with van der Waals surface area (Å²) in [6.07, 6.45) is 0.623. The minimum atomic E-state index is -1.01. The Hall–Kier alpha value is -2.69. The molecular weight excluding hydrogens is 297 g/mol. The lowest BCUT2D eigenvalue weighted by atomic mass is 9.91. The molecular formula is C18H14FNO3. The van der Waals surface area contributed by atoms with Crippen molar-refractivity contribution < 1.29 is 19.1 Å². The summed E-state index contributed by atoms with van der Waals surface area (Å²) < 4.78 is 13.1. The minimum absolute atomic E-state index is 0.0237. The average Bonchev–Trinajstić information content (AvgIpc) is 3.26. The van der Waals surface area contributed by atoms with Gasteiger partial charge in [-0.2, -0.15) is 0 Å². The van der Waals surface area contributed by atoms with E-state index in [2.05, 4.69) is 0 Å². The van der Waals surface area contributed by atoms with Gasteiger partial charge < -0.3 is 10.0 Å². The Morgan fingerprint density at radius 1 is 1.26 bits per heavy atom. The predicted molar refractivity (Wildman–Crippen MR) is 82.2 cm³/mol. The SMILES string of the molecule is CN1C(=O)[C@]2(C[C@@H]2c2ccc(F)cc2)c2cc(C(=O)O)ccc21. The number of amides is 1. The molecule has 4 nitrogen and oxygen atoms in total. The third-order valence-corrected chi connectivity index (χ3v) is 5.00. The van der Waals surface area contributed by atoms with Crippen LogP contribution in [0.5, 0.6) is 0 Å². The van der Waals surface area contributed by atoms with Gasteiger partial charge in [0, 0.05) is 18.7 Å². The second-order valence-electron chi connectivity index (χ2n) is 6.18. The van der Waals surface area contributed by atoms with Gasteiger partial charge in [-0.25, -0.2) is 9.18 Å². The highest BCUT2D eigenvalue weighted by Crippen LogP contribution is 2.66. The molecule has 4 rings (SSSR count). The first kappa shape index (κ1) is 13.9. The number of likely N-dealkylation sites (N-methyl/N-ethyl adjacent to an activating group) is 1. The van der Waals surface area contributed by atoms with Crippen LogP contribution in [0.3, 0.4) is 0 Å². The molecule has 2 aromatic rings. The van der Waals surface area contributed by atoms with Gasteiger partial charge in [0.2, 0.25) is 5.91 Å². The first-order valence-corrected chi connectivity index (χ1v) is 7.36. The van der Waals surface area contributed by atoms with Crippen LogP contribution in [0.15, 0.2) is 42.5 Å². The van der Waals surface area contributed by atoms with Gasteiger partial charge >= 0.3 is 5.97 Å². The van der Waals surface area contributed by atoms with E-state index >= 15 is 0 Å². The number of rotatable bonds is 2. The molecule has 1 spiro atoms. The molecule has 0 aromatic heterocycles. The Labute approximate surface area is 132 Å².